The van der Waals surface area contributed by atoms with Crippen molar-refractivity contribution in [1.29, 1.82) is 0 Å². The van der Waals surface area contributed by atoms with Gasteiger partial charge in [-0.05, 0) is 38.0 Å². The van der Waals surface area contributed by atoms with Gasteiger partial charge in [0.1, 0.15) is 24.4 Å². The normalized spacial score (nSPS) is 47.0. The highest BCUT2D eigenvalue weighted by atomic mass is 32.2. The summed E-state index contributed by atoms with van der Waals surface area (Å²) in [6.07, 6.45) is 9.57. The molecule has 6 nitrogen and oxygen atoms in total. The minimum atomic E-state index is -1.49. The summed E-state index contributed by atoms with van der Waals surface area (Å²) in [5.41, 5.74) is 0. The van der Waals surface area contributed by atoms with Crippen molar-refractivity contribution in [1.82, 2.24) is 0 Å². The molecule has 6 unspecified atom stereocenters. The van der Waals surface area contributed by atoms with Gasteiger partial charge in [-0.3, -0.25) is 16.7 Å². The van der Waals surface area contributed by atoms with Crippen LogP contribution in [0.15, 0.2) is 12.7 Å². The summed E-state index contributed by atoms with van der Waals surface area (Å²) in [7, 11) is 0. The van der Waals surface area contributed by atoms with E-state index in [9.17, 15) is 8.42 Å². The molecule has 4 aliphatic rings. The van der Waals surface area contributed by atoms with Crippen LogP contribution in [0.2, 0.25) is 0 Å². The molecule has 0 radical (unpaired) electrons. The van der Waals surface area contributed by atoms with Crippen LogP contribution in [0.1, 0.15) is 44.9 Å². The fourth-order valence-corrected chi connectivity index (χ4v) is 5.05. The predicted octanol–water partition coefficient (Wildman–Crippen LogP) is 2.26. The summed E-state index contributed by atoms with van der Waals surface area (Å²) in [5.74, 6) is 0.505. The maximum Gasteiger partial charge on any atom is 0.305 e. The molecule has 6 atom stereocenters. The Labute approximate surface area is 136 Å². The number of hydrogen-bond acceptors (Lipinski definition) is 6. The molecule has 2 aliphatic heterocycles. The van der Waals surface area contributed by atoms with Crippen molar-refractivity contribution in [2.24, 2.45) is 5.92 Å². The number of rotatable bonds is 1. The van der Waals surface area contributed by atoms with Crippen LogP contribution in [0.5, 0.6) is 0 Å². The molecule has 2 saturated heterocycles. The van der Waals surface area contributed by atoms with E-state index in [-0.39, 0.29) is 24.4 Å². The third-order valence-electron chi connectivity index (χ3n) is 4.56. The van der Waals surface area contributed by atoms with Crippen molar-refractivity contribution in [2.75, 3.05) is 0 Å². The van der Waals surface area contributed by atoms with Gasteiger partial charge in [0.15, 0.2) is 0 Å². The van der Waals surface area contributed by atoms with Crippen LogP contribution >= 0.6 is 0 Å². The van der Waals surface area contributed by atoms with E-state index in [1.54, 1.807) is 0 Å². The van der Waals surface area contributed by atoms with Crippen LogP contribution in [0.25, 0.3) is 0 Å². The Morgan fingerprint density at radius 1 is 0.773 bits per heavy atom. The van der Waals surface area contributed by atoms with Gasteiger partial charge in [-0.2, -0.15) is 8.42 Å². The maximum absolute atomic E-state index is 10.8. The second-order valence-corrected chi connectivity index (χ2v) is 7.63. The summed E-state index contributed by atoms with van der Waals surface area (Å²) >= 11 is -2.94. The van der Waals surface area contributed by atoms with E-state index >= 15 is 0 Å². The van der Waals surface area contributed by atoms with E-state index in [2.05, 4.69) is 6.58 Å². The number of fused-ring (bicyclic) bond motifs is 2. The quantitative estimate of drug-likeness (QED) is 0.676. The van der Waals surface area contributed by atoms with Crippen LogP contribution in [-0.2, 0) is 39.5 Å². The molecule has 0 bridgehead atoms. The Morgan fingerprint density at radius 3 is 1.82 bits per heavy atom. The molecule has 22 heavy (non-hydrogen) atoms. The topological polar surface area (TPSA) is 71.1 Å². The Balaban J connectivity index is 0.000000133. The van der Waals surface area contributed by atoms with Gasteiger partial charge in [-0.15, -0.1) is 6.58 Å². The largest absolute Gasteiger partial charge is 0.305 e. The van der Waals surface area contributed by atoms with Crippen molar-refractivity contribution in [3.63, 3.8) is 0 Å². The Morgan fingerprint density at radius 2 is 1.27 bits per heavy atom. The van der Waals surface area contributed by atoms with Crippen LogP contribution in [0, 0.1) is 5.92 Å². The lowest BCUT2D eigenvalue weighted by Gasteiger charge is -2.25. The third-order valence-corrected chi connectivity index (χ3v) is 6.17. The van der Waals surface area contributed by atoms with Crippen molar-refractivity contribution in [3.05, 3.63) is 12.7 Å². The first kappa shape index (κ1) is 16.7. The third kappa shape index (κ3) is 4.04. The minimum Gasteiger partial charge on any atom is -0.262 e. The molecule has 2 aliphatic carbocycles. The predicted molar refractivity (Wildman–Crippen MR) is 81.8 cm³/mol. The standard InChI is InChI=1S/C8H12O3S.C6H10O3S/c1-2-6-3-4-7-8(5-6)11-12(9)10-7;7-10-8-5-3-1-2-4-6(5)9-10/h2,6-8H,1,3-5H2;5-6H,1-4H2. The van der Waals surface area contributed by atoms with Gasteiger partial charge in [0.05, 0.1) is 0 Å². The van der Waals surface area contributed by atoms with Crippen molar-refractivity contribution < 1.29 is 25.2 Å². The second-order valence-electron chi connectivity index (χ2n) is 6.04. The highest BCUT2D eigenvalue weighted by Gasteiger charge is 2.39. The average Bonchev–Trinajstić information content (AvgIpc) is 3.07. The van der Waals surface area contributed by atoms with Gasteiger partial charge in [0.25, 0.3) is 0 Å². The zero-order chi connectivity index (χ0) is 15.5. The van der Waals surface area contributed by atoms with E-state index in [0.29, 0.717) is 5.92 Å². The van der Waals surface area contributed by atoms with Gasteiger partial charge >= 0.3 is 22.7 Å². The van der Waals surface area contributed by atoms with Crippen molar-refractivity contribution in [3.8, 4) is 0 Å². The number of hydrogen-bond donors (Lipinski definition) is 0. The highest BCUT2D eigenvalue weighted by molar-refractivity contribution is 7.75. The Bertz CT molecular complexity index is 441. The van der Waals surface area contributed by atoms with Crippen molar-refractivity contribution >= 4 is 22.7 Å². The summed E-state index contributed by atoms with van der Waals surface area (Å²) in [5, 5.41) is 0. The SMILES string of the molecule is C=CC1CCC2OS(=O)OC2C1.O=S1OC2CCCCC2O1. The van der Waals surface area contributed by atoms with Gasteiger partial charge in [-0.25, -0.2) is 0 Å². The molecular formula is C14H22O6S2. The summed E-state index contributed by atoms with van der Waals surface area (Å²) in [6, 6.07) is 0. The molecule has 4 fully saturated rings. The molecule has 2 saturated carbocycles. The van der Waals surface area contributed by atoms with E-state index < -0.39 is 22.7 Å². The van der Waals surface area contributed by atoms with Crippen LogP contribution < -0.4 is 0 Å². The second kappa shape index (κ2) is 7.63. The molecule has 0 aromatic rings. The zero-order valence-corrected chi connectivity index (χ0v) is 14.0. The number of allylic oxidation sites excluding steroid dienone is 1. The molecular weight excluding hydrogens is 328 g/mol. The van der Waals surface area contributed by atoms with Gasteiger partial charge in [0, 0.05) is 0 Å². The smallest absolute Gasteiger partial charge is 0.262 e. The summed E-state index contributed by atoms with van der Waals surface area (Å²) in [6.45, 7) is 3.75. The van der Waals surface area contributed by atoms with Crippen molar-refractivity contribution in [2.45, 2.75) is 69.4 Å². The molecule has 0 spiro atoms. The first-order chi connectivity index (χ1) is 10.7. The zero-order valence-electron chi connectivity index (χ0n) is 12.4. The lowest BCUT2D eigenvalue weighted by atomic mass is 9.86. The lowest BCUT2D eigenvalue weighted by Crippen LogP contribution is -2.30. The van der Waals surface area contributed by atoms with E-state index in [4.69, 9.17) is 16.7 Å². The fourth-order valence-electron chi connectivity index (χ4n) is 3.29. The molecule has 4 rings (SSSR count). The first-order valence-corrected chi connectivity index (χ1v) is 9.80. The van der Waals surface area contributed by atoms with Gasteiger partial charge in [0.2, 0.25) is 0 Å². The molecule has 0 aromatic heterocycles. The average molecular weight is 350 g/mol. The molecule has 2 heterocycles. The Hall–Kier alpha value is -0.120. The first-order valence-electron chi connectivity index (χ1n) is 7.80. The Kier molecular flexibility index (Phi) is 5.80. The summed E-state index contributed by atoms with van der Waals surface area (Å²) in [4.78, 5) is 0. The minimum absolute atomic E-state index is 0.0302. The van der Waals surface area contributed by atoms with E-state index in [0.717, 1.165) is 32.1 Å². The summed E-state index contributed by atoms with van der Waals surface area (Å²) < 4.78 is 41.7. The van der Waals surface area contributed by atoms with Gasteiger partial charge in [-0.1, -0.05) is 18.9 Å². The molecule has 8 heteroatoms. The van der Waals surface area contributed by atoms with E-state index in [1.165, 1.54) is 12.8 Å². The fraction of sp³-hybridized carbons (Fsp3) is 0.857. The maximum atomic E-state index is 10.8. The molecule has 0 aromatic carbocycles. The van der Waals surface area contributed by atoms with E-state index in [1.807, 2.05) is 6.08 Å². The lowest BCUT2D eigenvalue weighted by molar-refractivity contribution is 0.0933. The van der Waals surface area contributed by atoms with Crippen LogP contribution in [0.3, 0.4) is 0 Å². The molecule has 126 valence electrons. The molecule has 0 amide bonds. The van der Waals surface area contributed by atoms with Crippen LogP contribution in [-0.4, -0.2) is 32.8 Å². The highest BCUT2D eigenvalue weighted by Crippen LogP contribution is 2.34. The van der Waals surface area contributed by atoms with Gasteiger partial charge < -0.3 is 0 Å². The monoisotopic (exact) mass is 350 g/mol. The van der Waals surface area contributed by atoms with Crippen LogP contribution in [0.4, 0.5) is 0 Å². The molecule has 0 N–H and O–H groups in total.